The van der Waals surface area contributed by atoms with Crippen LogP contribution in [-0.2, 0) is 21.4 Å². The first-order chi connectivity index (χ1) is 14.4. The number of carbonyl (C=O) groups is 2. The van der Waals surface area contributed by atoms with E-state index in [0.29, 0.717) is 25.2 Å². The Hall–Kier alpha value is -2.65. The van der Waals surface area contributed by atoms with Crippen LogP contribution in [0, 0.1) is 0 Å². The number of amides is 2. The zero-order valence-electron chi connectivity index (χ0n) is 17.0. The van der Waals surface area contributed by atoms with Crippen LogP contribution in [0.4, 0.5) is 5.69 Å². The molecule has 2 amide bonds. The topological polar surface area (TPSA) is 109 Å². The number of furan rings is 1. The molecule has 1 aliphatic heterocycles. The molecule has 2 heterocycles. The van der Waals surface area contributed by atoms with Crippen LogP contribution in [-0.4, -0.2) is 37.6 Å². The van der Waals surface area contributed by atoms with Crippen molar-refractivity contribution in [3.8, 4) is 0 Å². The van der Waals surface area contributed by atoms with Gasteiger partial charge in [0.1, 0.15) is 0 Å². The van der Waals surface area contributed by atoms with Crippen LogP contribution in [0.15, 0.2) is 45.9 Å². The summed E-state index contributed by atoms with van der Waals surface area (Å²) < 4.78 is 32.0. The van der Waals surface area contributed by atoms with Crippen molar-refractivity contribution < 1.29 is 22.4 Å². The lowest BCUT2D eigenvalue weighted by Gasteiger charge is -2.24. The first-order valence-corrected chi connectivity index (χ1v) is 11.6. The summed E-state index contributed by atoms with van der Waals surface area (Å²) in [6, 6.07) is 9.84. The Bertz CT molecular complexity index is 976. The van der Waals surface area contributed by atoms with Gasteiger partial charge >= 0.3 is 0 Å². The molecule has 0 bridgehead atoms. The Morgan fingerprint density at radius 1 is 1.03 bits per heavy atom. The average Bonchev–Trinajstić information content (AvgIpc) is 3.25. The van der Waals surface area contributed by atoms with Crippen molar-refractivity contribution in [1.29, 1.82) is 0 Å². The molecule has 0 atom stereocenters. The number of hydrogen-bond acceptors (Lipinski definition) is 5. The van der Waals surface area contributed by atoms with Gasteiger partial charge in [0.25, 0.3) is 15.9 Å². The van der Waals surface area contributed by atoms with Crippen molar-refractivity contribution >= 4 is 27.5 Å². The summed E-state index contributed by atoms with van der Waals surface area (Å²) in [5, 5.41) is 5.31. The molecule has 0 spiro atoms. The SMILES string of the molecule is CCCC(=O)Nc1ccc(CNC(=O)c2ccc(S(=O)(=O)N3CCCCC3)o2)cc1. The summed E-state index contributed by atoms with van der Waals surface area (Å²) in [4.78, 5) is 24.0. The van der Waals surface area contributed by atoms with E-state index in [1.54, 1.807) is 24.3 Å². The molecule has 162 valence electrons. The predicted octanol–water partition coefficient (Wildman–Crippen LogP) is 3.12. The van der Waals surface area contributed by atoms with E-state index >= 15 is 0 Å². The summed E-state index contributed by atoms with van der Waals surface area (Å²) >= 11 is 0. The number of nitrogens with zero attached hydrogens (tertiary/aromatic N) is 1. The zero-order valence-corrected chi connectivity index (χ0v) is 17.8. The number of rotatable bonds is 8. The Morgan fingerprint density at radius 3 is 2.40 bits per heavy atom. The smallest absolute Gasteiger partial charge is 0.287 e. The zero-order chi connectivity index (χ0) is 21.6. The maximum Gasteiger partial charge on any atom is 0.287 e. The molecule has 8 nitrogen and oxygen atoms in total. The minimum atomic E-state index is -3.71. The minimum absolute atomic E-state index is 0.0355. The van der Waals surface area contributed by atoms with Gasteiger partial charge in [0, 0.05) is 31.7 Å². The molecule has 1 aromatic carbocycles. The van der Waals surface area contributed by atoms with E-state index in [2.05, 4.69) is 10.6 Å². The summed E-state index contributed by atoms with van der Waals surface area (Å²) in [5.41, 5.74) is 1.53. The van der Waals surface area contributed by atoms with Gasteiger partial charge in [-0.3, -0.25) is 9.59 Å². The highest BCUT2D eigenvalue weighted by molar-refractivity contribution is 7.89. The van der Waals surface area contributed by atoms with Gasteiger partial charge in [-0.1, -0.05) is 25.5 Å². The van der Waals surface area contributed by atoms with E-state index in [1.165, 1.54) is 16.4 Å². The Kier molecular flexibility index (Phi) is 7.28. The number of piperidine rings is 1. The third-order valence-electron chi connectivity index (χ3n) is 4.88. The van der Waals surface area contributed by atoms with Crippen LogP contribution in [0.2, 0.25) is 0 Å². The van der Waals surface area contributed by atoms with Gasteiger partial charge in [-0.25, -0.2) is 8.42 Å². The van der Waals surface area contributed by atoms with E-state index < -0.39 is 15.9 Å². The van der Waals surface area contributed by atoms with Crippen molar-refractivity contribution in [2.75, 3.05) is 18.4 Å². The molecule has 1 fully saturated rings. The number of sulfonamides is 1. The van der Waals surface area contributed by atoms with Crippen LogP contribution in [0.25, 0.3) is 0 Å². The second-order valence-electron chi connectivity index (χ2n) is 7.26. The third-order valence-corrected chi connectivity index (χ3v) is 6.66. The molecule has 1 saturated heterocycles. The van der Waals surface area contributed by atoms with E-state index in [9.17, 15) is 18.0 Å². The molecule has 2 N–H and O–H groups in total. The minimum Gasteiger partial charge on any atom is -0.438 e. The van der Waals surface area contributed by atoms with Crippen LogP contribution >= 0.6 is 0 Å². The fourth-order valence-corrected chi connectivity index (χ4v) is 4.67. The molecule has 0 saturated carbocycles. The van der Waals surface area contributed by atoms with E-state index in [4.69, 9.17) is 4.42 Å². The summed E-state index contributed by atoms with van der Waals surface area (Å²) in [7, 11) is -3.71. The Morgan fingerprint density at radius 2 is 1.73 bits per heavy atom. The monoisotopic (exact) mass is 433 g/mol. The van der Waals surface area contributed by atoms with E-state index in [1.807, 2.05) is 6.92 Å². The molecule has 30 heavy (non-hydrogen) atoms. The summed E-state index contributed by atoms with van der Waals surface area (Å²) in [6.07, 6.45) is 3.92. The molecule has 0 aliphatic carbocycles. The largest absolute Gasteiger partial charge is 0.438 e. The Balaban J connectivity index is 1.56. The van der Waals surface area contributed by atoms with Gasteiger partial charge in [-0.2, -0.15) is 4.31 Å². The highest BCUT2D eigenvalue weighted by Gasteiger charge is 2.29. The molecule has 9 heteroatoms. The standard InChI is InChI=1S/C21H27N3O5S/c1-2-6-19(25)23-17-9-7-16(8-10-17)15-22-21(26)18-11-12-20(29-18)30(27,28)24-13-4-3-5-14-24/h7-12H,2-6,13-15H2,1H3,(H,22,26)(H,23,25). The maximum absolute atomic E-state index is 12.6. The number of hydrogen-bond donors (Lipinski definition) is 2. The van der Waals surface area contributed by atoms with Crippen molar-refractivity contribution in [3.63, 3.8) is 0 Å². The molecule has 3 rings (SSSR count). The van der Waals surface area contributed by atoms with E-state index in [-0.39, 0.29) is 23.3 Å². The predicted molar refractivity (Wildman–Crippen MR) is 112 cm³/mol. The number of carbonyl (C=O) groups excluding carboxylic acids is 2. The lowest BCUT2D eigenvalue weighted by atomic mass is 10.2. The average molecular weight is 434 g/mol. The highest BCUT2D eigenvalue weighted by atomic mass is 32.2. The molecule has 1 aromatic heterocycles. The summed E-state index contributed by atoms with van der Waals surface area (Å²) in [5.74, 6) is -0.573. The quantitative estimate of drug-likeness (QED) is 0.665. The van der Waals surface area contributed by atoms with Gasteiger partial charge in [0.05, 0.1) is 0 Å². The number of benzene rings is 1. The first kappa shape index (κ1) is 22.0. The normalized spacial score (nSPS) is 15.0. The van der Waals surface area contributed by atoms with Crippen LogP contribution < -0.4 is 10.6 Å². The maximum atomic E-state index is 12.6. The lowest BCUT2D eigenvalue weighted by molar-refractivity contribution is -0.116. The first-order valence-electron chi connectivity index (χ1n) is 10.2. The van der Waals surface area contributed by atoms with Crippen molar-refractivity contribution in [1.82, 2.24) is 9.62 Å². The number of nitrogens with one attached hydrogen (secondary N) is 2. The Labute approximate surface area is 176 Å². The van der Waals surface area contributed by atoms with Crippen molar-refractivity contribution in [2.24, 2.45) is 0 Å². The van der Waals surface area contributed by atoms with E-state index in [0.717, 1.165) is 31.2 Å². The third kappa shape index (κ3) is 5.48. The lowest BCUT2D eigenvalue weighted by Crippen LogP contribution is -2.35. The van der Waals surface area contributed by atoms with Gasteiger partial charge in [0.2, 0.25) is 11.0 Å². The molecule has 1 aliphatic rings. The van der Waals surface area contributed by atoms with Crippen LogP contribution in [0.1, 0.15) is 55.1 Å². The fraction of sp³-hybridized carbons (Fsp3) is 0.429. The van der Waals surface area contributed by atoms with Gasteiger partial charge in [-0.15, -0.1) is 0 Å². The molecule has 2 aromatic rings. The highest BCUT2D eigenvalue weighted by Crippen LogP contribution is 2.22. The number of anilines is 1. The molecule has 0 radical (unpaired) electrons. The summed E-state index contributed by atoms with van der Waals surface area (Å²) in [6.45, 7) is 3.13. The molecular weight excluding hydrogens is 406 g/mol. The van der Waals surface area contributed by atoms with Crippen molar-refractivity contribution in [2.45, 2.75) is 50.7 Å². The van der Waals surface area contributed by atoms with Gasteiger partial charge < -0.3 is 15.1 Å². The van der Waals surface area contributed by atoms with Gasteiger partial charge in [-0.05, 0) is 49.1 Å². The van der Waals surface area contributed by atoms with Crippen LogP contribution in [0.5, 0.6) is 0 Å². The fourth-order valence-electron chi connectivity index (χ4n) is 3.24. The van der Waals surface area contributed by atoms with Crippen LogP contribution in [0.3, 0.4) is 0 Å². The van der Waals surface area contributed by atoms with Crippen molar-refractivity contribution in [3.05, 3.63) is 47.7 Å². The molecular formula is C21H27N3O5S. The molecule has 0 unspecified atom stereocenters. The van der Waals surface area contributed by atoms with Gasteiger partial charge in [0.15, 0.2) is 5.76 Å². The second kappa shape index (κ2) is 9.90. The second-order valence-corrected chi connectivity index (χ2v) is 9.13.